The van der Waals surface area contributed by atoms with E-state index in [-0.39, 0.29) is 18.1 Å². The van der Waals surface area contributed by atoms with Crippen LogP contribution in [0.5, 0.6) is 0 Å². The van der Waals surface area contributed by atoms with Crippen molar-refractivity contribution >= 4 is 22.8 Å². The number of carbonyl (C=O) groups excluding carboxylic acids is 1. The van der Waals surface area contributed by atoms with E-state index in [2.05, 4.69) is 5.32 Å². The molecule has 6 heteroatoms. The fraction of sp³-hybridized carbons (Fsp3) is 0.444. The first-order valence-corrected chi connectivity index (χ1v) is 8.25. The first-order chi connectivity index (χ1) is 11.6. The van der Waals surface area contributed by atoms with Gasteiger partial charge in [0.05, 0.1) is 24.0 Å². The monoisotopic (exact) mass is 328 g/mol. The van der Waals surface area contributed by atoms with Crippen LogP contribution in [0.1, 0.15) is 18.4 Å². The maximum Gasteiger partial charge on any atom is 0.310 e. The highest BCUT2D eigenvalue weighted by molar-refractivity contribution is 5.88. The van der Waals surface area contributed by atoms with Crippen molar-refractivity contribution in [1.82, 2.24) is 9.88 Å². The van der Waals surface area contributed by atoms with E-state index in [1.54, 1.807) is 0 Å². The molecule has 24 heavy (non-hydrogen) atoms. The molecule has 2 aliphatic rings. The summed E-state index contributed by atoms with van der Waals surface area (Å²) in [6.07, 6.45) is 2.90. The second-order valence-corrected chi connectivity index (χ2v) is 6.67. The van der Waals surface area contributed by atoms with Crippen molar-refractivity contribution in [1.29, 1.82) is 0 Å². The fourth-order valence-electron chi connectivity index (χ4n) is 4.15. The molecule has 0 spiro atoms. The molecule has 2 bridgehead atoms. The number of carboxylic acids is 1. The number of amides is 1. The molecule has 2 unspecified atom stereocenters. The van der Waals surface area contributed by atoms with Crippen LogP contribution in [0.4, 0.5) is 0 Å². The van der Waals surface area contributed by atoms with Gasteiger partial charge in [0.1, 0.15) is 0 Å². The predicted molar refractivity (Wildman–Crippen MR) is 87.3 cm³/mol. The number of nitrogens with one attached hydrogen (secondary N) is 1. The number of hydrogen-bond donors (Lipinski definition) is 2. The minimum atomic E-state index is -0.937. The summed E-state index contributed by atoms with van der Waals surface area (Å²) in [6, 6.07) is 8.00. The van der Waals surface area contributed by atoms with E-state index in [0.717, 1.165) is 29.3 Å². The Hall–Kier alpha value is -2.34. The molecular formula is C18H20N2O4. The summed E-state index contributed by atoms with van der Waals surface area (Å²) < 4.78 is 7.69. The number of aromatic nitrogens is 1. The molecule has 0 saturated carbocycles. The van der Waals surface area contributed by atoms with E-state index in [4.69, 9.17) is 4.74 Å². The van der Waals surface area contributed by atoms with Crippen LogP contribution in [-0.4, -0.2) is 33.8 Å². The van der Waals surface area contributed by atoms with Gasteiger partial charge in [-0.1, -0.05) is 12.1 Å². The van der Waals surface area contributed by atoms with Crippen LogP contribution < -0.4 is 5.32 Å². The number of aliphatic carboxylic acids is 1. The quantitative estimate of drug-likeness (QED) is 0.895. The van der Waals surface area contributed by atoms with E-state index < -0.39 is 17.8 Å². The fourth-order valence-corrected chi connectivity index (χ4v) is 4.15. The van der Waals surface area contributed by atoms with Crippen LogP contribution in [0.15, 0.2) is 30.5 Å². The zero-order valence-electron chi connectivity index (χ0n) is 13.4. The highest BCUT2D eigenvalue weighted by Gasteiger charge is 2.55. The van der Waals surface area contributed by atoms with Gasteiger partial charge in [-0.25, -0.2) is 0 Å². The van der Waals surface area contributed by atoms with Gasteiger partial charge in [-0.05, 0) is 30.5 Å². The van der Waals surface area contributed by atoms with Gasteiger partial charge >= 0.3 is 5.97 Å². The van der Waals surface area contributed by atoms with Gasteiger partial charge in [0, 0.05) is 30.7 Å². The largest absolute Gasteiger partial charge is 0.481 e. The number of benzene rings is 1. The lowest BCUT2D eigenvalue weighted by atomic mass is 9.78. The number of fused-ring (bicyclic) bond motifs is 3. The van der Waals surface area contributed by atoms with E-state index in [1.807, 2.05) is 42.1 Å². The van der Waals surface area contributed by atoms with Crippen LogP contribution in [-0.2, 0) is 27.9 Å². The Morgan fingerprint density at radius 1 is 1.25 bits per heavy atom. The molecule has 2 saturated heterocycles. The third kappa shape index (κ3) is 2.29. The Balaban J connectivity index is 1.51. The molecule has 4 rings (SSSR count). The first kappa shape index (κ1) is 15.2. The van der Waals surface area contributed by atoms with E-state index >= 15 is 0 Å². The van der Waals surface area contributed by atoms with Crippen LogP contribution in [0.2, 0.25) is 0 Å². The molecule has 1 aromatic carbocycles. The average molecular weight is 328 g/mol. The van der Waals surface area contributed by atoms with E-state index in [1.165, 1.54) is 0 Å². The number of aryl methyl sites for hydroxylation is 1. The minimum absolute atomic E-state index is 0.220. The molecule has 2 aromatic rings. The van der Waals surface area contributed by atoms with E-state index in [9.17, 15) is 14.7 Å². The molecular weight excluding hydrogens is 308 g/mol. The minimum Gasteiger partial charge on any atom is -0.481 e. The zero-order valence-corrected chi connectivity index (χ0v) is 13.4. The van der Waals surface area contributed by atoms with Crippen LogP contribution in [0, 0.1) is 11.8 Å². The van der Waals surface area contributed by atoms with Crippen molar-refractivity contribution in [3.63, 3.8) is 0 Å². The number of carbonyl (C=O) groups is 2. The summed E-state index contributed by atoms with van der Waals surface area (Å²) in [6.45, 7) is 0.389. The van der Waals surface area contributed by atoms with Crippen molar-refractivity contribution in [3.8, 4) is 0 Å². The van der Waals surface area contributed by atoms with Gasteiger partial charge in [0.15, 0.2) is 0 Å². The standard InChI is InChI=1S/C18H20N2O4/c1-20-8-7-11-10(3-2-4-12(11)20)9-19-17(21)15-13-5-6-14(24-13)16(15)18(22)23/h2-4,7-8,13-16H,5-6,9H2,1H3,(H,19,21)(H,22,23)/t13-,14+,15?,16?/m0/s1. The van der Waals surface area contributed by atoms with Crippen molar-refractivity contribution in [2.75, 3.05) is 0 Å². The highest BCUT2D eigenvalue weighted by atomic mass is 16.5. The van der Waals surface area contributed by atoms with Gasteiger partial charge < -0.3 is 19.7 Å². The second-order valence-electron chi connectivity index (χ2n) is 6.67. The Bertz CT molecular complexity index is 812. The lowest BCUT2D eigenvalue weighted by molar-refractivity contribution is -0.147. The molecule has 4 atom stereocenters. The van der Waals surface area contributed by atoms with Crippen molar-refractivity contribution < 1.29 is 19.4 Å². The summed E-state index contributed by atoms with van der Waals surface area (Å²) in [5.41, 5.74) is 2.13. The number of hydrogen-bond acceptors (Lipinski definition) is 3. The summed E-state index contributed by atoms with van der Waals surface area (Å²) >= 11 is 0. The lowest BCUT2D eigenvalue weighted by Gasteiger charge is -2.24. The summed E-state index contributed by atoms with van der Waals surface area (Å²) in [7, 11) is 1.98. The number of ether oxygens (including phenoxy) is 1. The van der Waals surface area contributed by atoms with Crippen LogP contribution in [0.3, 0.4) is 0 Å². The molecule has 2 aliphatic heterocycles. The zero-order chi connectivity index (χ0) is 16.8. The smallest absolute Gasteiger partial charge is 0.310 e. The van der Waals surface area contributed by atoms with E-state index in [0.29, 0.717) is 6.54 Å². The van der Waals surface area contributed by atoms with Gasteiger partial charge in [0.2, 0.25) is 5.91 Å². The normalized spacial score (nSPS) is 28.4. The molecule has 3 heterocycles. The Morgan fingerprint density at radius 3 is 2.75 bits per heavy atom. The predicted octanol–water partition coefficient (Wildman–Crippen LogP) is 1.67. The van der Waals surface area contributed by atoms with Crippen molar-refractivity contribution in [2.45, 2.75) is 31.6 Å². The van der Waals surface area contributed by atoms with Crippen molar-refractivity contribution in [2.24, 2.45) is 18.9 Å². The lowest BCUT2D eigenvalue weighted by Crippen LogP contribution is -2.43. The average Bonchev–Trinajstić information content (AvgIpc) is 3.27. The second kappa shape index (κ2) is 5.63. The molecule has 1 aromatic heterocycles. The van der Waals surface area contributed by atoms with Gasteiger partial charge in [-0.15, -0.1) is 0 Å². The summed E-state index contributed by atoms with van der Waals surface area (Å²) in [5, 5.41) is 13.4. The van der Waals surface area contributed by atoms with Crippen molar-refractivity contribution in [3.05, 3.63) is 36.0 Å². The molecule has 0 aliphatic carbocycles. The summed E-state index contributed by atoms with van der Waals surface area (Å²) in [5.74, 6) is -2.47. The Kier molecular flexibility index (Phi) is 3.57. The summed E-state index contributed by atoms with van der Waals surface area (Å²) in [4.78, 5) is 24.1. The molecule has 6 nitrogen and oxygen atoms in total. The third-order valence-electron chi connectivity index (χ3n) is 5.33. The van der Waals surface area contributed by atoms with Gasteiger partial charge in [-0.3, -0.25) is 9.59 Å². The molecule has 126 valence electrons. The van der Waals surface area contributed by atoms with Crippen LogP contribution >= 0.6 is 0 Å². The number of nitrogens with zero attached hydrogens (tertiary/aromatic N) is 1. The van der Waals surface area contributed by atoms with Crippen LogP contribution in [0.25, 0.3) is 10.9 Å². The highest BCUT2D eigenvalue weighted by Crippen LogP contribution is 2.43. The molecule has 0 radical (unpaired) electrons. The maximum atomic E-state index is 12.6. The Morgan fingerprint density at radius 2 is 2.00 bits per heavy atom. The SMILES string of the molecule is Cn1ccc2c(CNC(=O)C3C(C(=O)O)[C@H]4CC[C@@H]3O4)cccc21. The van der Waals surface area contributed by atoms with Gasteiger partial charge in [0.25, 0.3) is 0 Å². The van der Waals surface area contributed by atoms with Gasteiger partial charge in [-0.2, -0.15) is 0 Å². The number of rotatable bonds is 4. The maximum absolute atomic E-state index is 12.6. The third-order valence-corrected chi connectivity index (χ3v) is 5.33. The Labute approximate surface area is 139 Å². The molecule has 2 fully saturated rings. The topological polar surface area (TPSA) is 80.6 Å². The first-order valence-electron chi connectivity index (χ1n) is 8.25. The molecule has 1 amide bonds. The number of carboxylic acid groups (broad SMARTS) is 1. The molecule has 2 N–H and O–H groups in total.